The van der Waals surface area contributed by atoms with Crippen LogP contribution in [0.15, 0.2) is 28.3 Å². The van der Waals surface area contributed by atoms with Gasteiger partial charge < -0.3 is 27.1 Å². The molecule has 14 heteroatoms. The second-order valence-corrected chi connectivity index (χ2v) is 5.08. The molecule has 0 amide bonds. The van der Waals surface area contributed by atoms with Gasteiger partial charge in [-0.1, -0.05) is 0 Å². The third-order valence-corrected chi connectivity index (χ3v) is 3.17. The summed E-state index contributed by atoms with van der Waals surface area (Å²) >= 11 is 4.75. The van der Waals surface area contributed by atoms with Gasteiger partial charge in [-0.25, -0.2) is 13.1 Å². The van der Waals surface area contributed by atoms with Crippen LogP contribution in [0.5, 0.6) is 0 Å². The van der Waals surface area contributed by atoms with Crippen LogP contribution in [-0.4, -0.2) is 39.1 Å². The Kier molecular flexibility index (Phi) is 11.4. The summed E-state index contributed by atoms with van der Waals surface area (Å²) in [6.07, 6.45) is 0. The molecule has 0 aliphatic rings. The van der Waals surface area contributed by atoms with Gasteiger partial charge in [0.25, 0.3) is 0 Å². The van der Waals surface area contributed by atoms with Gasteiger partial charge in [-0.15, -0.1) is 5.10 Å². The zero-order valence-corrected chi connectivity index (χ0v) is 19.5. The normalized spacial score (nSPS) is 9.86. The minimum absolute atomic E-state index is 0. The van der Waals surface area contributed by atoms with Gasteiger partial charge in [0.05, 0.1) is 16.6 Å². The SMILES string of the molecule is O=C([O-])c1cc(-n2nnnc2[S-])cc(S(=O)(=O)[O-])c1.[Na+].[Na+].[Na+]. The smallest absolute Gasteiger partial charge is 0.744 e. The van der Waals surface area contributed by atoms with Crippen molar-refractivity contribution in [1.82, 2.24) is 20.2 Å². The number of hydrogen-bond acceptors (Lipinski definition) is 9. The van der Waals surface area contributed by atoms with E-state index in [0.717, 1.165) is 16.8 Å². The minimum atomic E-state index is -4.84. The van der Waals surface area contributed by atoms with Crippen molar-refractivity contribution in [2.45, 2.75) is 10.1 Å². The number of rotatable bonds is 3. The van der Waals surface area contributed by atoms with Crippen molar-refractivity contribution < 1.29 is 112 Å². The minimum Gasteiger partial charge on any atom is -0.744 e. The van der Waals surface area contributed by atoms with E-state index in [2.05, 4.69) is 15.5 Å². The molecule has 0 fully saturated rings. The Hall–Kier alpha value is 0.890. The molecule has 0 radical (unpaired) electrons. The first kappa shape index (κ1) is 25.1. The summed E-state index contributed by atoms with van der Waals surface area (Å²) in [5.41, 5.74) is -0.567. The van der Waals surface area contributed by atoms with Crippen molar-refractivity contribution in [3.8, 4) is 5.69 Å². The average Bonchev–Trinajstić information content (AvgIpc) is 2.73. The molecule has 0 saturated heterocycles. The summed E-state index contributed by atoms with van der Waals surface area (Å²) in [6, 6.07) is 2.64. The van der Waals surface area contributed by atoms with E-state index >= 15 is 0 Å². The largest absolute Gasteiger partial charge is 1.00 e. The van der Waals surface area contributed by atoms with Gasteiger partial charge in [-0.2, -0.15) is 0 Å². The van der Waals surface area contributed by atoms with Crippen LogP contribution in [0.1, 0.15) is 10.4 Å². The van der Waals surface area contributed by atoms with Crippen LogP contribution >= 0.6 is 0 Å². The third kappa shape index (κ3) is 6.07. The van der Waals surface area contributed by atoms with Gasteiger partial charge in [0, 0.05) is 10.7 Å². The molecule has 0 bridgehead atoms. The first-order valence-electron chi connectivity index (χ1n) is 4.57. The second-order valence-electron chi connectivity index (χ2n) is 3.33. The van der Waals surface area contributed by atoms with Crippen LogP contribution in [0.4, 0.5) is 0 Å². The molecule has 2 rings (SSSR count). The first-order chi connectivity index (χ1) is 8.79. The van der Waals surface area contributed by atoms with E-state index in [4.69, 9.17) is 12.6 Å². The van der Waals surface area contributed by atoms with Crippen molar-refractivity contribution in [3.63, 3.8) is 0 Å². The maximum Gasteiger partial charge on any atom is 1.00 e. The van der Waals surface area contributed by atoms with E-state index in [1.165, 1.54) is 0 Å². The summed E-state index contributed by atoms with van der Waals surface area (Å²) in [5, 5.41) is 20.7. The van der Waals surface area contributed by atoms with Crippen LogP contribution in [-0.2, 0) is 22.7 Å². The molecule has 0 N–H and O–H groups in total. The number of tetrazole rings is 1. The Labute approximate surface area is 197 Å². The van der Waals surface area contributed by atoms with Gasteiger partial charge in [0.15, 0.2) is 0 Å². The van der Waals surface area contributed by atoms with Crippen molar-refractivity contribution in [2.24, 2.45) is 0 Å². The Bertz CT molecular complexity index is 767. The summed E-state index contributed by atoms with van der Waals surface area (Å²) in [7, 11) is -4.84. The quantitative estimate of drug-likeness (QED) is 0.293. The van der Waals surface area contributed by atoms with Crippen molar-refractivity contribution >= 4 is 28.7 Å². The third-order valence-electron chi connectivity index (χ3n) is 2.10. The molecule has 100 valence electrons. The Morgan fingerprint density at radius 3 is 2.18 bits per heavy atom. The topological polar surface area (TPSA) is 141 Å². The van der Waals surface area contributed by atoms with Crippen LogP contribution in [0.2, 0.25) is 0 Å². The molecule has 1 heterocycles. The predicted molar refractivity (Wildman–Crippen MR) is 57.1 cm³/mol. The predicted octanol–water partition coefficient (Wildman–Crippen LogP) is -11.2. The first-order valence-corrected chi connectivity index (χ1v) is 6.39. The average molecular weight is 368 g/mol. The van der Waals surface area contributed by atoms with E-state index in [0.29, 0.717) is 6.07 Å². The monoisotopic (exact) mass is 368 g/mol. The molecule has 0 aliphatic carbocycles. The fraction of sp³-hybridized carbons (Fsp3) is 0. The number of aromatic carboxylic acids is 1. The molecule has 2 aromatic rings. The molecule has 0 spiro atoms. The zero-order chi connectivity index (χ0) is 14.2. The molecule has 1 aromatic carbocycles. The number of carboxylic acid groups (broad SMARTS) is 1. The van der Waals surface area contributed by atoms with Crippen molar-refractivity contribution in [3.05, 3.63) is 23.8 Å². The number of nitrogens with zero attached hydrogens (tertiary/aromatic N) is 4. The fourth-order valence-corrected chi connectivity index (χ4v) is 2.02. The molecule has 9 nitrogen and oxygen atoms in total. The van der Waals surface area contributed by atoms with Crippen molar-refractivity contribution in [2.75, 3.05) is 0 Å². The Morgan fingerprint density at radius 1 is 1.18 bits per heavy atom. The van der Waals surface area contributed by atoms with E-state index in [1.807, 2.05) is 0 Å². The van der Waals surface area contributed by atoms with Crippen LogP contribution in [0, 0.1) is 0 Å². The van der Waals surface area contributed by atoms with Gasteiger partial charge >= 0.3 is 88.7 Å². The van der Waals surface area contributed by atoms with Gasteiger partial charge in [0.2, 0.25) is 0 Å². The zero-order valence-electron chi connectivity index (χ0n) is 11.9. The molecule has 1 aromatic heterocycles. The van der Waals surface area contributed by atoms with Gasteiger partial charge in [-0.05, 0) is 28.6 Å². The molecule has 0 aliphatic heterocycles. The number of carboxylic acids is 1. The summed E-state index contributed by atoms with van der Waals surface area (Å²) in [6.45, 7) is 0. The number of carbonyl (C=O) groups is 1. The summed E-state index contributed by atoms with van der Waals surface area (Å²) in [5.74, 6) is -1.65. The molecular weight excluding hydrogens is 365 g/mol. The number of carbonyl (C=O) groups excluding carboxylic acids is 1. The molecular formula is C8H3N4Na3O5S2. The van der Waals surface area contributed by atoms with E-state index < -0.39 is 26.5 Å². The van der Waals surface area contributed by atoms with Crippen LogP contribution in [0.25, 0.3) is 5.69 Å². The van der Waals surface area contributed by atoms with Crippen LogP contribution < -0.4 is 93.8 Å². The van der Waals surface area contributed by atoms with E-state index in [9.17, 15) is 22.9 Å². The standard InChI is InChI=1S/C8H6N4O5S2.3Na/c13-7(14)4-1-5(12-8(18)9-10-11-12)3-6(2-4)19(15,16)17;;;/h1-3H,(H,13,14)(H,9,11,18)(H,15,16,17);;;/q;3*+1/p-3. The fourth-order valence-electron chi connectivity index (χ4n) is 1.31. The number of aromatic nitrogens is 4. The maximum atomic E-state index is 11.0. The molecule has 22 heavy (non-hydrogen) atoms. The number of benzene rings is 1. The Balaban J connectivity index is 0. The van der Waals surface area contributed by atoms with Gasteiger partial charge in [-0.3, -0.25) is 0 Å². The second kappa shape index (κ2) is 10.0. The molecule has 0 saturated carbocycles. The van der Waals surface area contributed by atoms with Crippen LogP contribution in [0.3, 0.4) is 0 Å². The van der Waals surface area contributed by atoms with E-state index in [1.54, 1.807) is 0 Å². The van der Waals surface area contributed by atoms with E-state index in [-0.39, 0.29) is 99.5 Å². The summed E-state index contributed by atoms with van der Waals surface area (Å²) < 4.78 is 33.8. The van der Waals surface area contributed by atoms with Crippen molar-refractivity contribution in [1.29, 1.82) is 0 Å². The molecule has 0 atom stereocenters. The number of hydrogen-bond donors (Lipinski definition) is 0. The Morgan fingerprint density at radius 2 is 1.77 bits per heavy atom. The molecule has 0 unspecified atom stereocenters. The maximum absolute atomic E-state index is 11.0. The van der Waals surface area contributed by atoms with Gasteiger partial charge in [0.1, 0.15) is 10.1 Å². The summed E-state index contributed by atoms with van der Waals surface area (Å²) in [4.78, 5) is 10.1.